The van der Waals surface area contributed by atoms with Crippen LogP contribution in [-0.4, -0.2) is 12.5 Å². The van der Waals surface area contributed by atoms with Gasteiger partial charge in [-0.25, -0.2) is 0 Å². The number of hydrogen-bond donors (Lipinski definition) is 1. The predicted octanol–water partition coefficient (Wildman–Crippen LogP) is 2.82. The summed E-state index contributed by atoms with van der Waals surface area (Å²) in [6.45, 7) is 0.284. The van der Waals surface area contributed by atoms with Crippen molar-refractivity contribution in [3.63, 3.8) is 0 Å². The highest BCUT2D eigenvalue weighted by atomic mass is 79.9. The van der Waals surface area contributed by atoms with Crippen LogP contribution in [0.2, 0.25) is 0 Å². The van der Waals surface area contributed by atoms with Crippen LogP contribution in [0.5, 0.6) is 0 Å². The number of carbonyl (C=O) groups excluding carboxylic acids is 1. The van der Waals surface area contributed by atoms with E-state index in [9.17, 15) is 4.79 Å². The van der Waals surface area contributed by atoms with Gasteiger partial charge in [0.2, 0.25) is 0 Å². The Morgan fingerprint density at radius 1 is 1.22 bits per heavy atom. The SMILES string of the molecule is O=C(NCC#Cc1ccccc1)c1ccc(Br)o1. The van der Waals surface area contributed by atoms with Crippen LogP contribution in [0.3, 0.4) is 0 Å². The standard InChI is InChI=1S/C14H10BrNO2/c15-13-9-8-12(18-13)14(17)16-10-4-7-11-5-2-1-3-6-11/h1-3,5-6,8-9H,10H2,(H,16,17). The average molecular weight is 304 g/mol. The lowest BCUT2D eigenvalue weighted by atomic mass is 10.2. The van der Waals surface area contributed by atoms with Crippen LogP contribution in [0, 0.1) is 11.8 Å². The minimum atomic E-state index is -0.275. The van der Waals surface area contributed by atoms with Crippen LogP contribution in [0.4, 0.5) is 0 Å². The van der Waals surface area contributed by atoms with Gasteiger partial charge in [-0.1, -0.05) is 30.0 Å². The molecule has 0 unspecified atom stereocenters. The summed E-state index contributed by atoms with van der Waals surface area (Å²) in [6.07, 6.45) is 0. The van der Waals surface area contributed by atoms with Crippen LogP contribution in [0.1, 0.15) is 16.1 Å². The Hall–Kier alpha value is -1.99. The number of benzene rings is 1. The van der Waals surface area contributed by atoms with Crippen LogP contribution in [-0.2, 0) is 0 Å². The van der Waals surface area contributed by atoms with Crippen molar-refractivity contribution in [2.24, 2.45) is 0 Å². The second-order valence-electron chi connectivity index (χ2n) is 3.45. The Labute approximate surface area is 113 Å². The fraction of sp³-hybridized carbons (Fsp3) is 0.0714. The molecule has 0 radical (unpaired) electrons. The molecule has 18 heavy (non-hydrogen) atoms. The predicted molar refractivity (Wildman–Crippen MR) is 72.1 cm³/mol. The van der Waals surface area contributed by atoms with E-state index in [-0.39, 0.29) is 18.2 Å². The summed E-state index contributed by atoms with van der Waals surface area (Å²) in [5.41, 5.74) is 0.924. The molecule has 0 bridgehead atoms. The number of nitrogens with one attached hydrogen (secondary N) is 1. The van der Waals surface area contributed by atoms with Crippen molar-refractivity contribution in [1.82, 2.24) is 5.32 Å². The Kier molecular flexibility index (Phi) is 4.21. The minimum absolute atomic E-state index is 0.267. The van der Waals surface area contributed by atoms with Gasteiger partial charge in [0.05, 0.1) is 6.54 Å². The molecule has 2 rings (SSSR count). The maximum atomic E-state index is 11.6. The normalized spacial score (nSPS) is 9.39. The first-order chi connectivity index (χ1) is 8.75. The third-order valence-electron chi connectivity index (χ3n) is 2.14. The summed E-state index contributed by atoms with van der Waals surface area (Å²) in [7, 11) is 0. The summed E-state index contributed by atoms with van der Waals surface area (Å²) in [4.78, 5) is 11.6. The lowest BCUT2D eigenvalue weighted by molar-refractivity contribution is 0.0930. The van der Waals surface area contributed by atoms with Crippen LogP contribution in [0.25, 0.3) is 0 Å². The Bertz CT molecular complexity index is 593. The molecule has 1 aromatic carbocycles. The lowest BCUT2D eigenvalue weighted by Gasteiger charge is -1.96. The third kappa shape index (κ3) is 3.51. The Morgan fingerprint density at radius 3 is 2.67 bits per heavy atom. The zero-order valence-corrected chi connectivity index (χ0v) is 11.0. The molecule has 90 valence electrons. The van der Waals surface area contributed by atoms with Crippen molar-refractivity contribution in [2.75, 3.05) is 6.54 Å². The topological polar surface area (TPSA) is 42.2 Å². The number of furan rings is 1. The molecule has 1 amide bonds. The van der Waals surface area contributed by atoms with E-state index in [1.54, 1.807) is 12.1 Å². The van der Waals surface area contributed by atoms with Gasteiger partial charge in [0.15, 0.2) is 10.4 Å². The summed E-state index contributed by atoms with van der Waals surface area (Å²) < 4.78 is 5.65. The van der Waals surface area contributed by atoms with E-state index in [4.69, 9.17) is 4.42 Å². The van der Waals surface area contributed by atoms with Gasteiger partial charge in [-0.15, -0.1) is 0 Å². The monoisotopic (exact) mass is 303 g/mol. The molecular formula is C14H10BrNO2. The molecule has 0 saturated carbocycles. The second-order valence-corrected chi connectivity index (χ2v) is 4.24. The lowest BCUT2D eigenvalue weighted by Crippen LogP contribution is -2.22. The molecule has 2 aromatic rings. The number of carbonyl (C=O) groups is 1. The highest BCUT2D eigenvalue weighted by Gasteiger charge is 2.08. The van der Waals surface area contributed by atoms with Crippen molar-refractivity contribution >= 4 is 21.8 Å². The number of hydrogen-bond acceptors (Lipinski definition) is 2. The van der Waals surface area contributed by atoms with E-state index in [1.807, 2.05) is 30.3 Å². The van der Waals surface area contributed by atoms with Crippen molar-refractivity contribution in [1.29, 1.82) is 0 Å². The van der Waals surface area contributed by atoms with E-state index >= 15 is 0 Å². The van der Waals surface area contributed by atoms with E-state index < -0.39 is 0 Å². The van der Waals surface area contributed by atoms with Gasteiger partial charge in [0.25, 0.3) is 5.91 Å². The van der Waals surface area contributed by atoms with Gasteiger partial charge in [-0.2, -0.15) is 0 Å². The molecule has 1 heterocycles. The van der Waals surface area contributed by atoms with Gasteiger partial charge >= 0.3 is 0 Å². The molecule has 0 aliphatic carbocycles. The number of amides is 1. The van der Waals surface area contributed by atoms with Crippen molar-refractivity contribution in [3.05, 3.63) is 58.5 Å². The number of rotatable bonds is 2. The zero-order chi connectivity index (χ0) is 12.8. The second kappa shape index (κ2) is 6.08. The van der Waals surface area contributed by atoms with Gasteiger partial charge in [-0.05, 0) is 40.2 Å². The molecule has 4 heteroatoms. The van der Waals surface area contributed by atoms with E-state index in [0.29, 0.717) is 4.67 Å². The van der Waals surface area contributed by atoms with E-state index in [1.165, 1.54) is 0 Å². The number of halogens is 1. The summed E-state index contributed by atoms with van der Waals surface area (Å²) >= 11 is 3.14. The first-order valence-corrected chi connectivity index (χ1v) is 6.12. The first kappa shape index (κ1) is 12.5. The van der Waals surface area contributed by atoms with Crippen LogP contribution >= 0.6 is 15.9 Å². The largest absolute Gasteiger partial charge is 0.444 e. The Morgan fingerprint density at radius 2 is 2.00 bits per heavy atom. The third-order valence-corrected chi connectivity index (χ3v) is 2.57. The minimum Gasteiger partial charge on any atom is -0.444 e. The maximum absolute atomic E-state index is 11.6. The van der Waals surface area contributed by atoms with Crippen LogP contribution < -0.4 is 5.32 Å². The van der Waals surface area contributed by atoms with Gasteiger partial charge < -0.3 is 9.73 Å². The molecular weight excluding hydrogens is 294 g/mol. The molecule has 0 aliphatic heterocycles. The van der Waals surface area contributed by atoms with Crippen molar-refractivity contribution < 1.29 is 9.21 Å². The van der Waals surface area contributed by atoms with Gasteiger partial charge in [0.1, 0.15) is 0 Å². The maximum Gasteiger partial charge on any atom is 0.287 e. The van der Waals surface area contributed by atoms with Crippen molar-refractivity contribution in [3.8, 4) is 11.8 Å². The molecule has 3 nitrogen and oxygen atoms in total. The molecule has 1 aromatic heterocycles. The molecule has 0 aliphatic rings. The summed E-state index contributed by atoms with van der Waals surface area (Å²) in [5, 5.41) is 2.66. The molecule has 0 saturated heterocycles. The highest BCUT2D eigenvalue weighted by molar-refractivity contribution is 9.10. The quantitative estimate of drug-likeness (QED) is 0.867. The van der Waals surface area contributed by atoms with Gasteiger partial charge in [-0.3, -0.25) is 4.79 Å². The molecule has 0 fully saturated rings. The Balaban J connectivity index is 1.86. The smallest absolute Gasteiger partial charge is 0.287 e. The van der Waals surface area contributed by atoms with E-state index in [2.05, 4.69) is 33.1 Å². The fourth-order valence-corrected chi connectivity index (χ4v) is 1.62. The summed E-state index contributed by atoms with van der Waals surface area (Å²) in [5.74, 6) is 5.82. The fourth-order valence-electron chi connectivity index (χ4n) is 1.32. The first-order valence-electron chi connectivity index (χ1n) is 5.33. The average Bonchev–Trinajstić information content (AvgIpc) is 2.82. The highest BCUT2D eigenvalue weighted by Crippen LogP contribution is 2.13. The van der Waals surface area contributed by atoms with Crippen LogP contribution in [0.15, 0.2) is 51.6 Å². The molecule has 1 N–H and O–H groups in total. The summed E-state index contributed by atoms with van der Waals surface area (Å²) in [6, 6.07) is 12.9. The molecule has 0 spiro atoms. The zero-order valence-electron chi connectivity index (χ0n) is 9.44. The van der Waals surface area contributed by atoms with Crippen molar-refractivity contribution in [2.45, 2.75) is 0 Å². The van der Waals surface area contributed by atoms with E-state index in [0.717, 1.165) is 5.56 Å². The van der Waals surface area contributed by atoms with Gasteiger partial charge in [0, 0.05) is 5.56 Å². The molecule has 0 atom stereocenters.